The minimum atomic E-state index is 0.275. The van der Waals surface area contributed by atoms with Crippen LogP contribution in [-0.2, 0) is 9.47 Å². The predicted octanol–water partition coefficient (Wildman–Crippen LogP) is 0.332. The number of hydrogen-bond donors (Lipinski definition) is 1. The molecule has 0 atom stereocenters. The van der Waals surface area contributed by atoms with Crippen molar-refractivity contribution in [3.63, 3.8) is 0 Å². The number of thiol groups is 1. The van der Waals surface area contributed by atoms with E-state index >= 15 is 0 Å². The fraction of sp³-hybridized carbons (Fsp3) is 1.00. The van der Waals surface area contributed by atoms with Crippen molar-refractivity contribution in [3.05, 3.63) is 0 Å². The zero-order chi connectivity index (χ0) is 5.82. The first-order valence-electron chi connectivity index (χ1n) is 2.73. The van der Waals surface area contributed by atoms with Gasteiger partial charge in [0.15, 0.2) is 0 Å². The van der Waals surface area contributed by atoms with E-state index in [-0.39, 0.29) is 5.25 Å². The van der Waals surface area contributed by atoms with Crippen LogP contribution in [0.3, 0.4) is 0 Å². The summed E-state index contributed by atoms with van der Waals surface area (Å²) in [6.07, 6.45) is 0. The lowest BCUT2D eigenvalue weighted by Gasteiger charge is -2.01. The maximum atomic E-state index is 5.11. The van der Waals surface area contributed by atoms with Crippen LogP contribution in [0.2, 0.25) is 0 Å². The van der Waals surface area contributed by atoms with Crippen LogP contribution in [0.5, 0.6) is 0 Å². The monoisotopic (exact) mass is 134 g/mol. The highest BCUT2D eigenvalue weighted by molar-refractivity contribution is 7.81. The van der Waals surface area contributed by atoms with Gasteiger partial charge in [-0.2, -0.15) is 12.6 Å². The Morgan fingerprint density at radius 1 is 1.12 bits per heavy atom. The summed E-state index contributed by atoms with van der Waals surface area (Å²) in [6, 6.07) is 0. The molecule has 0 aromatic carbocycles. The maximum Gasteiger partial charge on any atom is 0.0701 e. The summed E-state index contributed by atoms with van der Waals surface area (Å²) >= 11 is 4.18. The Morgan fingerprint density at radius 3 is 2.12 bits per heavy atom. The second kappa shape index (κ2) is 3.33. The molecule has 0 unspecified atom stereocenters. The Morgan fingerprint density at radius 2 is 1.62 bits per heavy atom. The molecule has 1 aliphatic heterocycles. The van der Waals surface area contributed by atoms with Crippen molar-refractivity contribution in [2.24, 2.45) is 0 Å². The van der Waals surface area contributed by atoms with E-state index in [1.165, 1.54) is 0 Å². The Hall–Kier alpha value is 0.270. The van der Waals surface area contributed by atoms with Gasteiger partial charge >= 0.3 is 0 Å². The molecule has 0 spiro atoms. The van der Waals surface area contributed by atoms with E-state index in [0.717, 1.165) is 26.4 Å². The summed E-state index contributed by atoms with van der Waals surface area (Å²) in [7, 11) is 0. The molecule has 0 N–H and O–H groups in total. The van der Waals surface area contributed by atoms with Gasteiger partial charge in [0, 0.05) is 5.25 Å². The molecule has 3 heteroatoms. The number of ether oxygens (including phenoxy) is 2. The van der Waals surface area contributed by atoms with Crippen LogP contribution in [0.4, 0.5) is 0 Å². The van der Waals surface area contributed by atoms with Crippen LogP contribution in [0.15, 0.2) is 0 Å². The molecule has 1 fully saturated rings. The lowest BCUT2D eigenvalue weighted by molar-refractivity contribution is 0.103. The van der Waals surface area contributed by atoms with Gasteiger partial charge in [0.05, 0.1) is 26.4 Å². The SMILES string of the molecule is SC1COCCOC1. The Labute approximate surface area is 54.6 Å². The van der Waals surface area contributed by atoms with Crippen molar-refractivity contribution in [3.8, 4) is 0 Å². The molecule has 1 heterocycles. The first-order valence-corrected chi connectivity index (χ1v) is 3.25. The summed E-state index contributed by atoms with van der Waals surface area (Å²) in [5.41, 5.74) is 0. The Kier molecular flexibility index (Phi) is 2.66. The van der Waals surface area contributed by atoms with Gasteiger partial charge in [0.2, 0.25) is 0 Å². The van der Waals surface area contributed by atoms with Crippen molar-refractivity contribution in [2.45, 2.75) is 5.25 Å². The van der Waals surface area contributed by atoms with Crippen LogP contribution in [0.1, 0.15) is 0 Å². The standard InChI is InChI=1S/C5H10O2S/c8-5-3-6-1-2-7-4-5/h5,8H,1-4H2. The molecule has 0 aromatic heterocycles. The highest BCUT2D eigenvalue weighted by atomic mass is 32.1. The Balaban J connectivity index is 2.17. The zero-order valence-electron chi connectivity index (χ0n) is 4.67. The van der Waals surface area contributed by atoms with Crippen molar-refractivity contribution >= 4 is 12.6 Å². The van der Waals surface area contributed by atoms with E-state index in [0.29, 0.717) is 0 Å². The summed E-state index contributed by atoms with van der Waals surface area (Å²) in [5, 5.41) is 0.275. The molecule has 0 aromatic rings. The summed E-state index contributed by atoms with van der Waals surface area (Å²) < 4.78 is 10.2. The largest absolute Gasteiger partial charge is 0.378 e. The van der Waals surface area contributed by atoms with Crippen LogP contribution >= 0.6 is 12.6 Å². The second-order valence-corrected chi connectivity index (χ2v) is 2.53. The van der Waals surface area contributed by atoms with E-state index in [2.05, 4.69) is 12.6 Å². The molecule has 0 bridgehead atoms. The topological polar surface area (TPSA) is 18.5 Å². The summed E-state index contributed by atoms with van der Waals surface area (Å²) in [4.78, 5) is 0. The molecule has 2 nitrogen and oxygen atoms in total. The average molecular weight is 134 g/mol. The molecule has 1 rings (SSSR count). The van der Waals surface area contributed by atoms with E-state index in [1.807, 2.05) is 0 Å². The predicted molar refractivity (Wildman–Crippen MR) is 34.4 cm³/mol. The van der Waals surface area contributed by atoms with Crippen molar-refractivity contribution in [1.29, 1.82) is 0 Å². The normalized spacial score (nSPS) is 25.1. The smallest absolute Gasteiger partial charge is 0.0701 e. The number of hydrogen-bond acceptors (Lipinski definition) is 3. The van der Waals surface area contributed by atoms with Crippen LogP contribution in [-0.4, -0.2) is 31.7 Å². The van der Waals surface area contributed by atoms with Crippen molar-refractivity contribution in [1.82, 2.24) is 0 Å². The van der Waals surface area contributed by atoms with Crippen LogP contribution in [0.25, 0.3) is 0 Å². The van der Waals surface area contributed by atoms with Gasteiger partial charge in [-0.1, -0.05) is 0 Å². The third-order valence-electron chi connectivity index (χ3n) is 0.992. The lowest BCUT2D eigenvalue weighted by Crippen LogP contribution is -2.10. The van der Waals surface area contributed by atoms with E-state index < -0.39 is 0 Å². The van der Waals surface area contributed by atoms with E-state index in [1.54, 1.807) is 0 Å². The minimum absolute atomic E-state index is 0.275. The first kappa shape index (κ1) is 6.39. The van der Waals surface area contributed by atoms with Gasteiger partial charge in [-0.15, -0.1) is 0 Å². The van der Waals surface area contributed by atoms with E-state index in [9.17, 15) is 0 Å². The molecule has 0 radical (unpaired) electrons. The summed E-state index contributed by atoms with van der Waals surface area (Å²) in [5.74, 6) is 0. The van der Waals surface area contributed by atoms with Crippen molar-refractivity contribution < 1.29 is 9.47 Å². The fourth-order valence-electron chi connectivity index (χ4n) is 0.605. The van der Waals surface area contributed by atoms with Gasteiger partial charge in [-0.25, -0.2) is 0 Å². The Bertz CT molecular complexity index is 59.4. The van der Waals surface area contributed by atoms with Crippen LogP contribution < -0.4 is 0 Å². The van der Waals surface area contributed by atoms with Gasteiger partial charge in [-0.3, -0.25) is 0 Å². The molecular weight excluding hydrogens is 124 g/mol. The first-order chi connectivity index (χ1) is 3.89. The third-order valence-corrected chi connectivity index (χ3v) is 1.29. The second-order valence-electron chi connectivity index (χ2n) is 1.80. The van der Waals surface area contributed by atoms with E-state index in [4.69, 9.17) is 9.47 Å². The fourth-order valence-corrected chi connectivity index (χ4v) is 0.816. The quantitative estimate of drug-likeness (QED) is 0.481. The molecular formula is C5H10O2S. The van der Waals surface area contributed by atoms with Gasteiger partial charge < -0.3 is 9.47 Å². The molecule has 1 aliphatic rings. The molecule has 0 aliphatic carbocycles. The highest BCUT2D eigenvalue weighted by Gasteiger charge is 2.06. The molecule has 8 heavy (non-hydrogen) atoms. The van der Waals surface area contributed by atoms with Crippen molar-refractivity contribution in [2.75, 3.05) is 26.4 Å². The van der Waals surface area contributed by atoms with Gasteiger partial charge in [0.25, 0.3) is 0 Å². The molecule has 0 amide bonds. The highest BCUT2D eigenvalue weighted by Crippen LogP contribution is 2.00. The maximum absolute atomic E-state index is 5.11. The lowest BCUT2D eigenvalue weighted by atomic mass is 10.5. The molecule has 0 saturated carbocycles. The third kappa shape index (κ3) is 2.03. The zero-order valence-corrected chi connectivity index (χ0v) is 5.56. The minimum Gasteiger partial charge on any atom is -0.378 e. The van der Waals surface area contributed by atoms with Gasteiger partial charge in [-0.05, 0) is 0 Å². The molecule has 48 valence electrons. The number of rotatable bonds is 0. The molecule has 1 saturated heterocycles. The van der Waals surface area contributed by atoms with Crippen LogP contribution in [0, 0.1) is 0 Å². The van der Waals surface area contributed by atoms with Gasteiger partial charge in [0.1, 0.15) is 0 Å². The average Bonchev–Trinajstić information content (AvgIpc) is 1.94. The summed E-state index contributed by atoms with van der Waals surface area (Å²) in [6.45, 7) is 2.89.